The molecule has 1 unspecified atom stereocenters. The molecule has 0 bridgehead atoms. The molecule has 0 aliphatic carbocycles. The summed E-state index contributed by atoms with van der Waals surface area (Å²) in [5.41, 5.74) is 1.58. The van der Waals surface area contributed by atoms with Crippen molar-refractivity contribution in [1.82, 2.24) is 4.90 Å². The second-order valence-corrected chi connectivity index (χ2v) is 9.57. The van der Waals surface area contributed by atoms with Crippen LogP contribution in [-0.4, -0.2) is 52.9 Å². The van der Waals surface area contributed by atoms with Gasteiger partial charge >= 0.3 is 0 Å². The Kier molecular flexibility index (Phi) is 8.18. The predicted molar refractivity (Wildman–Crippen MR) is 117 cm³/mol. The SMILES string of the molecule is COc1cc(S(N)(=O)=O)cc(C)c1NC(CCN(C)C)CSc1ccccc1. The van der Waals surface area contributed by atoms with E-state index in [0.717, 1.165) is 30.0 Å². The number of rotatable bonds is 10. The highest BCUT2D eigenvalue weighted by Crippen LogP contribution is 2.33. The Labute approximate surface area is 172 Å². The van der Waals surface area contributed by atoms with Gasteiger partial charge in [0.15, 0.2) is 0 Å². The summed E-state index contributed by atoms with van der Waals surface area (Å²) < 4.78 is 28.9. The van der Waals surface area contributed by atoms with Gasteiger partial charge in [0.1, 0.15) is 5.75 Å². The molecule has 0 saturated carbocycles. The number of aryl methyl sites for hydroxylation is 1. The average Bonchev–Trinajstić information content (AvgIpc) is 2.64. The zero-order chi connectivity index (χ0) is 20.7. The molecule has 1 atom stereocenters. The summed E-state index contributed by atoms with van der Waals surface area (Å²) in [5.74, 6) is 1.35. The van der Waals surface area contributed by atoms with Crippen LogP contribution in [0.4, 0.5) is 5.69 Å². The molecule has 2 aromatic carbocycles. The number of hydrogen-bond donors (Lipinski definition) is 2. The largest absolute Gasteiger partial charge is 0.495 e. The summed E-state index contributed by atoms with van der Waals surface area (Å²) in [7, 11) is 1.84. The summed E-state index contributed by atoms with van der Waals surface area (Å²) >= 11 is 1.79. The molecule has 154 valence electrons. The summed E-state index contributed by atoms with van der Waals surface area (Å²) in [4.78, 5) is 3.42. The van der Waals surface area contributed by atoms with Crippen molar-refractivity contribution in [3.63, 3.8) is 0 Å². The average molecular weight is 424 g/mol. The van der Waals surface area contributed by atoms with Crippen LogP contribution in [0.1, 0.15) is 12.0 Å². The van der Waals surface area contributed by atoms with Crippen LogP contribution < -0.4 is 15.2 Å². The molecular weight excluding hydrogens is 394 g/mol. The third-order valence-electron chi connectivity index (χ3n) is 4.29. The van der Waals surface area contributed by atoms with Crippen molar-refractivity contribution >= 4 is 27.5 Å². The highest BCUT2D eigenvalue weighted by molar-refractivity contribution is 7.99. The minimum Gasteiger partial charge on any atom is -0.495 e. The molecular formula is C20H29N3O3S2. The highest BCUT2D eigenvalue weighted by Gasteiger charge is 2.18. The van der Waals surface area contributed by atoms with Crippen molar-refractivity contribution in [3.05, 3.63) is 48.0 Å². The zero-order valence-corrected chi connectivity index (χ0v) is 18.4. The van der Waals surface area contributed by atoms with Gasteiger partial charge in [0.2, 0.25) is 10.0 Å². The first-order valence-electron chi connectivity index (χ1n) is 9.01. The van der Waals surface area contributed by atoms with Crippen LogP contribution in [0.2, 0.25) is 0 Å². The van der Waals surface area contributed by atoms with E-state index in [9.17, 15) is 8.42 Å². The number of ether oxygens (including phenoxy) is 1. The van der Waals surface area contributed by atoms with Crippen molar-refractivity contribution in [1.29, 1.82) is 0 Å². The van der Waals surface area contributed by atoms with Crippen molar-refractivity contribution in [2.24, 2.45) is 5.14 Å². The van der Waals surface area contributed by atoms with E-state index in [1.165, 1.54) is 18.1 Å². The summed E-state index contributed by atoms with van der Waals surface area (Å²) in [5, 5.41) is 8.84. The van der Waals surface area contributed by atoms with Crippen LogP contribution >= 0.6 is 11.8 Å². The van der Waals surface area contributed by atoms with E-state index in [1.807, 2.05) is 39.2 Å². The van der Waals surface area contributed by atoms with Gasteiger partial charge < -0.3 is 15.0 Å². The molecule has 6 nitrogen and oxygen atoms in total. The van der Waals surface area contributed by atoms with Crippen molar-refractivity contribution in [2.45, 2.75) is 29.2 Å². The van der Waals surface area contributed by atoms with E-state index in [1.54, 1.807) is 17.8 Å². The van der Waals surface area contributed by atoms with Gasteiger partial charge in [-0.1, -0.05) is 18.2 Å². The van der Waals surface area contributed by atoms with Gasteiger partial charge in [-0.25, -0.2) is 13.6 Å². The number of nitrogens with two attached hydrogens (primary N) is 1. The quantitative estimate of drug-likeness (QED) is 0.571. The molecule has 0 radical (unpaired) electrons. The van der Waals surface area contributed by atoms with E-state index in [2.05, 4.69) is 22.3 Å². The Morgan fingerprint density at radius 3 is 2.46 bits per heavy atom. The van der Waals surface area contributed by atoms with Crippen LogP contribution in [0, 0.1) is 6.92 Å². The van der Waals surface area contributed by atoms with E-state index >= 15 is 0 Å². The van der Waals surface area contributed by atoms with E-state index in [-0.39, 0.29) is 10.9 Å². The number of benzene rings is 2. The Morgan fingerprint density at radius 1 is 1.21 bits per heavy atom. The third kappa shape index (κ3) is 6.70. The minimum atomic E-state index is -3.79. The van der Waals surface area contributed by atoms with Crippen LogP contribution in [-0.2, 0) is 10.0 Å². The lowest BCUT2D eigenvalue weighted by Crippen LogP contribution is -2.28. The van der Waals surface area contributed by atoms with Gasteiger partial charge in [-0.15, -0.1) is 11.8 Å². The van der Waals surface area contributed by atoms with Crippen molar-refractivity contribution < 1.29 is 13.2 Å². The molecule has 0 aromatic heterocycles. The Hall–Kier alpha value is -1.74. The number of sulfonamides is 1. The fourth-order valence-corrected chi connectivity index (χ4v) is 4.37. The van der Waals surface area contributed by atoms with E-state index in [4.69, 9.17) is 9.88 Å². The Balaban J connectivity index is 2.24. The lowest BCUT2D eigenvalue weighted by molar-refractivity contribution is 0.390. The second-order valence-electron chi connectivity index (χ2n) is 6.92. The molecule has 0 heterocycles. The number of anilines is 1. The number of thioether (sulfide) groups is 1. The van der Waals surface area contributed by atoms with E-state index < -0.39 is 10.0 Å². The molecule has 0 amide bonds. The van der Waals surface area contributed by atoms with Crippen LogP contribution in [0.15, 0.2) is 52.3 Å². The maximum absolute atomic E-state index is 11.7. The molecule has 28 heavy (non-hydrogen) atoms. The fourth-order valence-electron chi connectivity index (χ4n) is 2.76. The molecule has 3 N–H and O–H groups in total. The number of methoxy groups -OCH3 is 1. The normalized spacial score (nSPS) is 12.8. The summed E-state index contributed by atoms with van der Waals surface area (Å²) in [6, 6.07) is 13.5. The van der Waals surface area contributed by atoms with Gasteiger partial charge in [-0.05, 0) is 57.7 Å². The molecule has 8 heteroatoms. The maximum atomic E-state index is 11.7. The predicted octanol–water partition coefficient (Wildman–Crippen LogP) is 3.18. The fraction of sp³-hybridized carbons (Fsp3) is 0.400. The first-order valence-corrected chi connectivity index (χ1v) is 11.5. The third-order valence-corrected chi connectivity index (χ3v) is 6.36. The molecule has 0 spiro atoms. The van der Waals surface area contributed by atoms with Gasteiger partial charge in [0.25, 0.3) is 0 Å². The van der Waals surface area contributed by atoms with Crippen LogP contribution in [0.25, 0.3) is 0 Å². The number of primary sulfonamides is 1. The number of nitrogens with zero attached hydrogens (tertiary/aromatic N) is 1. The molecule has 0 fully saturated rings. The van der Waals surface area contributed by atoms with Gasteiger partial charge in [-0.3, -0.25) is 0 Å². The molecule has 2 rings (SSSR count). The summed E-state index contributed by atoms with van der Waals surface area (Å²) in [6.45, 7) is 2.79. The Morgan fingerprint density at radius 2 is 1.89 bits per heavy atom. The standard InChI is InChI=1S/C20H29N3O3S2/c1-15-12-18(28(21,24)25)13-19(26-4)20(15)22-16(10-11-23(2)3)14-27-17-8-6-5-7-9-17/h5-9,12-13,16,22H,10-11,14H2,1-4H3,(H2,21,24,25). The number of hydrogen-bond acceptors (Lipinski definition) is 6. The van der Waals surface area contributed by atoms with Gasteiger partial charge in [0, 0.05) is 22.8 Å². The molecule has 0 aliphatic heterocycles. The maximum Gasteiger partial charge on any atom is 0.238 e. The lowest BCUT2D eigenvalue weighted by Gasteiger charge is -2.24. The first-order chi connectivity index (χ1) is 13.2. The molecule has 0 saturated heterocycles. The number of nitrogens with one attached hydrogen (secondary N) is 1. The first kappa shape index (κ1) is 22.5. The molecule has 0 aliphatic rings. The second kappa shape index (κ2) is 10.2. The van der Waals surface area contributed by atoms with Gasteiger partial charge in [0.05, 0.1) is 17.7 Å². The summed E-state index contributed by atoms with van der Waals surface area (Å²) in [6.07, 6.45) is 0.937. The zero-order valence-electron chi connectivity index (χ0n) is 16.8. The molecule has 2 aromatic rings. The van der Waals surface area contributed by atoms with Crippen LogP contribution in [0.3, 0.4) is 0 Å². The minimum absolute atomic E-state index is 0.0518. The topological polar surface area (TPSA) is 84.7 Å². The van der Waals surface area contributed by atoms with Crippen LogP contribution in [0.5, 0.6) is 5.75 Å². The lowest BCUT2D eigenvalue weighted by atomic mass is 10.1. The Bertz CT molecular complexity index is 872. The van der Waals surface area contributed by atoms with Gasteiger partial charge in [-0.2, -0.15) is 0 Å². The highest BCUT2D eigenvalue weighted by atomic mass is 32.2. The smallest absolute Gasteiger partial charge is 0.238 e. The monoisotopic (exact) mass is 423 g/mol. The van der Waals surface area contributed by atoms with Crippen molar-refractivity contribution in [2.75, 3.05) is 38.8 Å². The van der Waals surface area contributed by atoms with Crippen molar-refractivity contribution in [3.8, 4) is 5.75 Å². The van der Waals surface area contributed by atoms with E-state index in [0.29, 0.717) is 5.75 Å².